The predicted octanol–water partition coefficient (Wildman–Crippen LogP) is -2.40. The number of thiol groups is 1. The lowest BCUT2D eigenvalue weighted by molar-refractivity contribution is -0.142. The van der Waals surface area contributed by atoms with E-state index < -0.39 is 66.4 Å². The highest BCUT2D eigenvalue weighted by molar-refractivity contribution is 7.80. The van der Waals surface area contributed by atoms with E-state index in [1.54, 1.807) is 0 Å². The van der Waals surface area contributed by atoms with Crippen molar-refractivity contribution >= 4 is 42.2 Å². The summed E-state index contributed by atoms with van der Waals surface area (Å²) in [5.74, 6) is -4.06. The molecule has 0 aromatic heterocycles. The highest BCUT2D eigenvalue weighted by Gasteiger charge is 2.27. The van der Waals surface area contributed by atoms with Gasteiger partial charge in [0, 0.05) is 5.75 Å². The van der Waals surface area contributed by atoms with Crippen LogP contribution >= 0.6 is 12.6 Å². The second kappa shape index (κ2) is 17.9. The molecule has 4 amide bonds. The van der Waals surface area contributed by atoms with Gasteiger partial charge in [-0.05, 0) is 39.2 Å². The van der Waals surface area contributed by atoms with Crippen LogP contribution in [0.1, 0.15) is 52.4 Å². The number of amides is 4. The van der Waals surface area contributed by atoms with Crippen molar-refractivity contribution in [2.45, 2.75) is 82.6 Å². The lowest BCUT2D eigenvalue weighted by Gasteiger charge is -2.22. The Hall–Kier alpha value is -2.42. The van der Waals surface area contributed by atoms with Crippen molar-refractivity contribution in [1.82, 2.24) is 21.3 Å². The van der Waals surface area contributed by atoms with Gasteiger partial charge in [-0.1, -0.05) is 19.8 Å². The molecule has 0 fully saturated rings. The fourth-order valence-corrected chi connectivity index (χ4v) is 3.17. The Morgan fingerprint density at radius 3 is 2.00 bits per heavy atom. The molecule has 0 aromatic rings. The standard InChI is InChI=1S/C21H40N6O7S/c1-3-4-7-14(21(33)34)27-19(31)15(11-35)25-16(29)10-24-18(30)13(8-5-6-9-22)26-20(32)17(23)12(2)28/h12-15,17,28,35H,3-11,22-23H2,1-2H3,(H,24,30)(H,25,29)(H,26,32)(H,27,31)(H,33,34)/t12-,13+,14+,15+,17+/m1/s1. The highest BCUT2D eigenvalue weighted by atomic mass is 32.1. The Balaban J connectivity index is 4.96. The number of carbonyl (C=O) groups excluding carboxylic acids is 4. The Kier molecular flexibility index (Phi) is 16.7. The molecular formula is C21H40N6O7S. The highest BCUT2D eigenvalue weighted by Crippen LogP contribution is 2.03. The van der Waals surface area contributed by atoms with Gasteiger partial charge in [0.1, 0.15) is 24.2 Å². The minimum atomic E-state index is -1.23. The quantitative estimate of drug-likeness (QED) is 0.0692. The lowest BCUT2D eigenvalue weighted by atomic mass is 10.1. The van der Waals surface area contributed by atoms with E-state index in [-0.39, 0.29) is 18.6 Å². The second-order valence-electron chi connectivity index (χ2n) is 8.17. The number of aliphatic hydroxyl groups excluding tert-OH is 1. The molecule has 5 atom stereocenters. The Morgan fingerprint density at radius 2 is 1.49 bits per heavy atom. The van der Waals surface area contributed by atoms with Crippen molar-refractivity contribution in [1.29, 1.82) is 0 Å². The number of unbranched alkanes of at least 4 members (excludes halogenated alkanes) is 2. The van der Waals surface area contributed by atoms with Crippen LogP contribution in [-0.4, -0.2) is 88.9 Å². The molecule has 0 unspecified atom stereocenters. The molecule has 0 bridgehead atoms. The van der Waals surface area contributed by atoms with Gasteiger partial charge in [-0.3, -0.25) is 19.2 Å². The molecule has 0 aliphatic carbocycles. The first-order chi connectivity index (χ1) is 16.5. The van der Waals surface area contributed by atoms with E-state index in [0.29, 0.717) is 25.8 Å². The van der Waals surface area contributed by atoms with Crippen molar-refractivity contribution in [2.75, 3.05) is 18.8 Å². The first-order valence-corrected chi connectivity index (χ1v) is 12.3. The molecular weight excluding hydrogens is 480 g/mol. The van der Waals surface area contributed by atoms with Crippen molar-refractivity contribution in [3.05, 3.63) is 0 Å². The minimum absolute atomic E-state index is 0.0966. The van der Waals surface area contributed by atoms with Crippen LogP contribution in [0.15, 0.2) is 0 Å². The van der Waals surface area contributed by atoms with Crippen molar-refractivity contribution in [3.63, 3.8) is 0 Å². The van der Waals surface area contributed by atoms with Gasteiger partial charge in [0.2, 0.25) is 23.6 Å². The summed E-state index contributed by atoms with van der Waals surface area (Å²) in [6.45, 7) is 3.13. The van der Waals surface area contributed by atoms with Crippen LogP contribution in [0.25, 0.3) is 0 Å². The number of hydrogen-bond acceptors (Lipinski definition) is 9. The van der Waals surface area contributed by atoms with Gasteiger partial charge in [0.15, 0.2) is 0 Å². The van der Waals surface area contributed by atoms with Crippen LogP contribution in [0, 0.1) is 0 Å². The molecule has 0 aliphatic heterocycles. The number of hydrogen-bond donors (Lipinski definition) is 9. The summed E-state index contributed by atoms with van der Waals surface area (Å²) < 4.78 is 0. The summed E-state index contributed by atoms with van der Waals surface area (Å²) in [5.41, 5.74) is 11.1. The molecule has 0 radical (unpaired) electrons. The van der Waals surface area contributed by atoms with Crippen LogP contribution in [-0.2, 0) is 24.0 Å². The molecule has 0 saturated carbocycles. The molecule has 14 heteroatoms. The van der Waals surface area contributed by atoms with E-state index >= 15 is 0 Å². The third kappa shape index (κ3) is 13.3. The third-order valence-electron chi connectivity index (χ3n) is 5.12. The number of aliphatic hydroxyl groups is 1. The van der Waals surface area contributed by atoms with Crippen LogP contribution in [0.3, 0.4) is 0 Å². The SMILES string of the molecule is CCCC[C@H](NC(=O)[C@H](CS)NC(=O)CNC(=O)[C@H](CCCCN)NC(=O)[C@@H](N)[C@@H](C)O)C(=O)O. The van der Waals surface area contributed by atoms with Crippen molar-refractivity contribution < 1.29 is 34.2 Å². The number of carboxylic acids is 1. The maximum absolute atomic E-state index is 12.6. The first-order valence-electron chi connectivity index (χ1n) is 11.6. The molecule has 0 aromatic carbocycles. The molecule has 0 spiro atoms. The summed E-state index contributed by atoms with van der Waals surface area (Å²) in [6.07, 6.45) is 1.85. The summed E-state index contributed by atoms with van der Waals surface area (Å²) >= 11 is 4.04. The molecule has 0 saturated heterocycles. The molecule has 35 heavy (non-hydrogen) atoms. The normalized spacial score (nSPS) is 15.1. The molecule has 0 heterocycles. The van der Waals surface area contributed by atoms with Crippen LogP contribution in [0.2, 0.25) is 0 Å². The summed E-state index contributed by atoms with van der Waals surface area (Å²) in [7, 11) is 0. The van der Waals surface area contributed by atoms with Crippen LogP contribution in [0.4, 0.5) is 0 Å². The molecule has 10 N–H and O–H groups in total. The number of rotatable bonds is 18. The fourth-order valence-electron chi connectivity index (χ4n) is 2.92. The molecule has 13 nitrogen and oxygen atoms in total. The number of carbonyl (C=O) groups is 5. The van der Waals surface area contributed by atoms with Gasteiger partial charge in [0.25, 0.3) is 0 Å². The summed E-state index contributed by atoms with van der Waals surface area (Å²) in [4.78, 5) is 60.8. The topological polar surface area (TPSA) is 226 Å². The molecule has 0 aliphatic rings. The summed E-state index contributed by atoms with van der Waals surface area (Å²) in [6, 6.07) is -4.45. The first kappa shape index (κ1) is 32.6. The van der Waals surface area contributed by atoms with E-state index in [1.165, 1.54) is 6.92 Å². The Bertz CT molecular complexity index is 710. The zero-order valence-corrected chi connectivity index (χ0v) is 21.2. The Labute approximate surface area is 210 Å². The van der Waals surface area contributed by atoms with Crippen LogP contribution in [0.5, 0.6) is 0 Å². The summed E-state index contributed by atoms with van der Waals surface area (Å²) in [5, 5.41) is 28.4. The Morgan fingerprint density at radius 1 is 0.886 bits per heavy atom. The van der Waals surface area contributed by atoms with Crippen LogP contribution < -0.4 is 32.7 Å². The fraction of sp³-hybridized carbons (Fsp3) is 0.762. The lowest BCUT2D eigenvalue weighted by Crippen LogP contribution is -2.56. The number of nitrogens with one attached hydrogen (secondary N) is 4. The van der Waals surface area contributed by atoms with E-state index in [1.807, 2.05) is 6.92 Å². The number of aliphatic carboxylic acids is 1. The zero-order valence-electron chi connectivity index (χ0n) is 20.3. The zero-order chi connectivity index (χ0) is 27.0. The van der Waals surface area contributed by atoms with Gasteiger partial charge in [-0.2, -0.15) is 12.6 Å². The predicted molar refractivity (Wildman–Crippen MR) is 132 cm³/mol. The van der Waals surface area contributed by atoms with E-state index in [9.17, 15) is 34.2 Å². The average Bonchev–Trinajstić information content (AvgIpc) is 2.81. The maximum atomic E-state index is 12.6. The maximum Gasteiger partial charge on any atom is 0.326 e. The number of nitrogens with two attached hydrogens (primary N) is 2. The van der Waals surface area contributed by atoms with Gasteiger partial charge in [-0.25, -0.2) is 4.79 Å². The smallest absolute Gasteiger partial charge is 0.326 e. The second-order valence-corrected chi connectivity index (χ2v) is 8.54. The third-order valence-corrected chi connectivity index (χ3v) is 5.49. The van der Waals surface area contributed by atoms with E-state index in [4.69, 9.17) is 11.5 Å². The van der Waals surface area contributed by atoms with Gasteiger partial charge in [-0.15, -0.1) is 0 Å². The number of carboxylic acid groups (broad SMARTS) is 1. The van der Waals surface area contributed by atoms with Crippen molar-refractivity contribution in [3.8, 4) is 0 Å². The largest absolute Gasteiger partial charge is 0.480 e. The molecule has 0 rings (SSSR count). The van der Waals surface area contributed by atoms with Gasteiger partial charge >= 0.3 is 5.97 Å². The monoisotopic (exact) mass is 520 g/mol. The van der Waals surface area contributed by atoms with Crippen molar-refractivity contribution in [2.24, 2.45) is 11.5 Å². The average molecular weight is 521 g/mol. The van der Waals surface area contributed by atoms with E-state index in [0.717, 1.165) is 6.42 Å². The van der Waals surface area contributed by atoms with E-state index in [2.05, 4.69) is 33.9 Å². The minimum Gasteiger partial charge on any atom is -0.480 e. The molecule has 202 valence electrons. The van der Waals surface area contributed by atoms with Gasteiger partial charge in [0.05, 0.1) is 12.6 Å². The van der Waals surface area contributed by atoms with Gasteiger partial charge < -0.3 is 42.9 Å².